The van der Waals surface area contributed by atoms with Crippen LogP contribution < -0.4 is 11.1 Å². The van der Waals surface area contributed by atoms with Crippen LogP contribution in [0.1, 0.15) is 34.8 Å². The number of carbonyl (C=O) groups excluding carboxylic acids is 1. The van der Waals surface area contributed by atoms with Crippen LogP contribution in [0, 0.1) is 13.8 Å². The molecule has 0 saturated carbocycles. The van der Waals surface area contributed by atoms with Gasteiger partial charge in [-0.3, -0.25) is 4.79 Å². The van der Waals surface area contributed by atoms with Crippen LogP contribution in [-0.4, -0.2) is 10.9 Å². The molecule has 0 aliphatic rings. The van der Waals surface area contributed by atoms with Gasteiger partial charge >= 0.3 is 0 Å². The lowest BCUT2D eigenvalue weighted by Gasteiger charge is -2.09. The first-order chi connectivity index (χ1) is 9.47. The predicted molar refractivity (Wildman–Crippen MR) is 83.0 cm³/mol. The average molecular weight is 289 g/mol. The van der Waals surface area contributed by atoms with Crippen molar-refractivity contribution in [3.05, 3.63) is 45.4 Å². The number of hydrogen-bond donors (Lipinski definition) is 2. The van der Waals surface area contributed by atoms with E-state index in [1.807, 2.05) is 44.4 Å². The maximum absolute atomic E-state index is 12.0. The van der Waals surface area contributed by atoms with Crippen LogP contribution in [0.4, 0.5) is 5.69 Å². The normalized spacial score (nSPS) is 12.2. The molecule has 0 aliphatic carbocycles. The summed E-state index contributed by atoms with van der Waals surface area (Å²) >= 11 is 1.50. The zero-order valence-electron chi connectivity index (χ0n) is 11.9. The Hall–Kier alpha value is -1.72. The zero-order chi connectivity index (χ0) is 14.7. The van der Waals surface area contributed by atoms with Crippen molar-refractivity contribution in [3.8, 4) is 0 Å². The van der Waals surface area contributed by atoms with Crippen molar-refractivity contribution in [3.63, 3.8) is 0 Å². The molecule has 0 spiro atoms. The van der Waals surface area contributed by atoms with Crippen molar-refractivity contribution in [1.29, 1.82) is 0 Å². The molecule has 1 atom stereocenters. The van der Waals surface area contributed by atoms with E-state index in [4.69, 9.17) is 5.73 Å². The van der Waals surface area contributed by atoms with E-state index in [1.54, 1.807) is 0 Å². The quantitative estimate of drug-likeness (QED) is 0.909. The fourth-order valence-corrected chi connectivity index (χ4v) is 2.64. The minimum absolute atomic E-state index is 0.0553. The van der Waals surface area contributed by atoms with Crippen LogP contribution in [0.5, 0.6) is 0 Å². The number of benzene rings is 1. The molecule has 3 N–H and O–H groups in total. The van der Waals surface area contributed by atoms with E-state index in [-0.39, 0.29) is 18.4 Å². The monoisotopic (exact) mass is 289 g/mol. The Kier molecular flexibility index (Phi) is 4.52. The molecule has 0 radical (unpaired) electrons. The van der Waals surface area contributed by atoms with E-state index < -0.39 is 0 Å². The molecule has 106 valence electrons. The van der Waals surface area contributed by atoms with Crippen LogP contribution in [-0.2, 0) is 11.2 Å². The van der Waals surface area contributed by atoms with Gasteiger partial charge in [0.1, 0.15) is 5.01 Å². The number of nitrogens with zero attached hydrogens (tertiary/aromatic N) is 1. The fourth-order valence-electron chi connectivity index (χ4n) is 1.86. The molecule has 0 saturated heterocycles. The number of anilines is 1. The SMILES string of the molecule is Cc1cccc(NC(=O)Cc2csc(C(C)N)n2)c1C. The number of thiazole rings is 1. The Morgan fingerprint density at radius 3 is 2.85 bits per heavy atom. The first kappa shape index (κ1) is 14.7. The molecule has 1 amide bonds. The first-order valence-corrected chi connectivity index (χ1v) is 7.41. The summed E-state index contributed by atoms with van der Waals surface area (Å²) in [6.07, 6.45) is 0.274. The third-order valence-electron chi connectivity index (χ3n) is 3.18. The van der Waals surface area contributed by atoms with E-state index >= 15 is 0 Å². The van der Waals surface area contributed by atoms with Gasteiger partial charge in [-0.05, 0) is 38.0 Å². The van der Waals surface area contributed by atoms with Gasteiger partial charge in [0, 0.05) is 11.1 Å². The minimum atomic E-state index is -0.0872. The molecule has 0 fully saturated rings. The fraction of sp³-hybridized carbons (Fsp3) is 0.333. The van der Waals surface area contributed by atoms with Gasteiger partial charge in [-0.25, -0.2) is 4.98 Å². The number of aryl methyl sites for hydroxylation is 1. The second-order valence-corrected chi connectivity index (χ2v) is 5.83. The topological polar surface area (TPSA) is 68.0 Å². The summed E-state index contributed by atoms with van der Waals surface area (Å²) in [6.45, 7) is 5.92. The molecule has 1 heterocycles. The van der Waals surface area contributed by atoms with Gasteiger partial charge in [0.15, 0.2) is 0 Å². The second kappa shape index (κ2) is 6.15. The molecule has 1 aromatic heterocycles. The zero-order valence-corrected chi connectivity index (χ0v) is 12.8. The largest absolute Gasteiger partial charge is 0.325 e. The average Bonchev–Trinajstić information content (AvgIpc) is 2.83. The Labute approximate surface area is 123 Å². The summed E-state index contributed by atoms with van der Waals surface area (Å²) < 4.78 is 0. The molecule has 2 aromatic rings. The Balaban J connectivity index is 2.03. The van der Waals surface area contributed by atoms with Gasteiger partial charge in [-0.1, -0.05) is 12.1 Å². The van der Waals surface area contributed by atoms with Gasteiger partial charge < -0.3 is 11.1 Å². The Bertz CT molecular complexity index is 619. The summed E-state index contributed by atoms with van der Waals surface area (Å²) in [5, 5.41) is 5.68. The smallest absolute Gasteiger partial charge is 0.230 e. The third kappa shape index (κ3) is 3.43. The van der Waals surface area contributed by atoms with E-state index in [0.717, 1.165) is 27.5 Å². The molecule has 20 heavy (non-hydrogen) atoms. The van der Waals surface area contributed by atoms with Crippen LogP contribution in [0.3, 0.4) is 0 Å². The maximum atomic E-state index is 12.0. The number of aromatic nitrogens is 1. The van der Waals surface area contributed by atoms with Crippen molar-refractivity contribution in [2.75, 3.05) is 5.32 Å². The molecular weight excluding hydrogens is 270 g/mol. The van der Waals surface area contributed by atoms with Crippen LogP contribution in [0.25, 0.3) is 0 Å². The summed E-state index contributed by atoms with van der Waals surface area (Å²) in [5.74, 6) is -0.0553. The maximum Gasteiger partial charge on any atom is 0.230 e. The molecular formula is C15H19N3OS. The highest BCUT2D eigenvalue weighted by Crippen LogP contribution is 2.19. The Morgan fingerprint density at radius 1 is 1.45 bits per heavy atom. The van der Waals surface area contributed by atoms with Crippen molar-refractivity contribution in [2.45, 2.75) is 33.2 Å². The van der Waals surface area contributed by atoms with Gasteiger partial charge in [0.2, 0.25) is 5.91 Å². The minimum Gasteiger partial charge on any atom is -0.325 e. The standard InChI is InChI=1S/C15H19N3OS/c1-9-5-4-6-13(10(9)2)18-14(19)7-12-8-20-15(17-12)11(3)16/h4-6,8,11H,7,16H2,1-3H3,(H,18,19). The summed E-state index contributed by atoms with van der Waals surface area (Å²) in [5.41, 5.74) is 9.65. The van der Waals surface area contributed by atoms with Crippen LogP contribution in [0.15, 0.2) is 23.6 Å². The highest BCUT2D eigenvalue weighted by atomic mass is 32.1. The van der Waals surface area contributed by atoms with E-state index in [1.165, 1.54) is 11.3 Å². The lowest BCUT2D eigenvalue weighted by Crippen LogP contribution is -2.16. The van der Waals surface area contributed by atoms with Gasteiger partial charge in [0.05, 0.1) is 18.2 Å². The highest BCUT2D eigenvalue weighted by Gasteiger charge is 2.11. The van der Waals surface area contributed by atoms with Crippen molar-refractivity contribution in [1.82, 2.24) is 4.98 Å². The molecule has 2 rings (SSSR count). The summed E-state index contributed by atoms with van der Waals surface area (Å²) in [4.78, 5) is 16.4. The molecule has 5 heteroatoms. The van der Waals surface area contributed by atoms with E-state index in [9.17, 15) is 4.79 Å². The molecule has 1 aromatic carbocycles. The van der Waals surface area contributed by atoms with Gasteiger partial charge in [0.25, 0.3) is 0 Å². The lowest BCUT2D eigenvalue weighted by molar-refractivity contribution is -0.115. The summed E-state index contributed by atoms with van der Waals surface area (Å²) in [6, 6.07) is 5.79. The van der Waals surface area contributed by atoms with Crippen LogP contribution >= 0.6 is 11.3 Å². The number of amides is 1. The molecule has 0 aliphatic heterocycles. The molecule has 0 bridgehead atoms. The number of nitrogens with one attached hydrogen (secondary N) is 1. The van der Waals surface area contributed by atoms with E-state index in [2.05, 4.69) is 10.3 Å². The Morgan fingerprint density at radius 2 is 2.20 bits per heavy atom. The number of rotatable bonds is 4. The van der Waals surface area contributed by atoms with Crippen molar-refractivity contribution in [2.24, 2.45) is 5.73 Å². The van der Waals surface area contributed by atoms with E-state index in [0.29, 0.717) is 0 Å². The highest BCUT2D eigenvalue weighted by molar-refractivity contribution is 7.09. The predicted octanol–water partition coefficient (Wildman–Crippen LogP) is 2.96. The second-order valence-electron chi connectivity index (χ2n) is 4.94. The van der Waals surface area contributed by atoms with Crippen molar-refractivity contribution < 1.29 is 4.79 Å². The van der Waals surface area contributed by atoms with Crippen LogP contribution in [0.2, 0.25) is 0 Å². The number of nitrogens with two attached hydrogens (primary N) is 1. The third-order valence-corrected chi connectivity index (χ3v) is 4.27. The first-order valence-electron chi connectivity index (χ1n) is 6.53. The summed E-state index contributed by atoms with van der Waals surface area (Å²) in [7, 11) is 0. The van der Waals surface area contributed by atoms with Crippen molar-refractivity contribution >= 4 is 22.9 Å². The molecule has 1 unspecified atom stereocenters. The van der Waals surface area contributed by atoms with Gasteiger partial charge in [-0.15, -0.1) is 11.3 Å². The molecule has 4 nitrogen and oxygen atoms in total. The number of carbonyl (C=O) groups is 1. The number of hydrogen-bond acceptors (Lipinski definition) is 4. The van der Waals surface area contributed by atoms with Gasteiger partial charge in [-0.2, -0.15) is 0 Å². The lowest BCUT2D eigenvalue weighted by atomic mass is 10.1.